The van der Waals surface area contributed by atoms with Crippen LogP contribution in [-0.2, 0) is 5.54 Å². The molecule has 4 nitrogen and oxygen atoms in total. The van der Waals surface area contributed by atoms with Gasteiger partial charge in [-0.2, -0.15) is 5.10 Å². The van der Waals surface area contributed by atoms with Gasteiger partial charge in [-0.1, -0.05) is 91.7 Å². The van der Waals surface area contributed by atoms with Crippen LogP contribution in [0.3, 0.4) is 0 Å². The third-order valence-corrected chi connectivity index (χ3v) is 6.53. The molecule has 1 aliphatic carbocycles. The molecule has 1 N–H and O–H groups in total. The van der Waals surface area contributed by atoms with Crippen LogP contribution < -0.4 is 5.32 Å². The van der Waals surface area contributed by atoms with Crippen LogP contribution in [0.4, 0.5) is 0 Å². The first kappa shape index (κ1) is 20.3. The van der Waals surface area contributed by atoms with Gasteiger partial charge in [0.2, 0.25) is 0 Å². The first-order valence-electron chi connectivity index (χ1n) is 11.3. The second-order valence-electron chi connectivity index (χ2n) is 8.53. The van der Waals surface area contributed by atoms with Crippen LogP contribution in [0, 0.1) is 6.92 Å². The molecule has 3 aromatic carbocycles. The number of rotatable bonds is 5. The van der Waals surface area contributed by atoms with Crippen LogP contribution in [0.1, 0.15) is 47.3 Å². The Morgan fingerprint density at radius 2 is 1.41 bits per heavy atom. The van der Waals surface area contributed by atoms with E-state index in [1.54, 1.807) is 0 Å². The van der Waals surface area contributed by atoms with Crippen molar-refractivity contribution >= 4 is 5.91 Å². The van der Waals surface area contributed by atoms with Gasteiger partial charge in [0, 0.05) is 5.56 Å². The highest BCUT2D eigenvalue weighted by atomic mass is 16.1. The Morgan fingerprint density at radius 1 is 0.844 bits per heavy atom. The smallest absolute Gasteiger partial charge is 0.256 e. The molecule has 32 heavy (non-hydrogen) atoms. The van der Waals surface area contributed by atoms with E-state index in [4.69, 9.17) is 5.10 Å². The van der Waals surface area contributed by atoms with E-state index in [1.807, 2.05) is 78.3 Å². The van der Waals surface area contributed by atoms with Crippen molar-refractivity contribution in [2.24, 2.45) is 0 Å². The Hall–Kier alpha value is -3.66. The summed E-state index contributed by atoms with van der Waals surface area (Å²) in [6, 6.07) is 30.3. The molecule has 160 valence electrons. The molecule has 1 heterocycles. The molecule has 1 aromatic heterocycles. The van der Waals surface area contributed by atoms with Crippen molar-refractivity contribution in [3.05, 3.63) is 108 Å². The predicted octanol–water partition coefficient (Wildman–Crippen LogP) is 6.05. The first-order valence-corrected chi connectivity index (χ1v) is 11.3. The molecule has 1 fully saturated rings. The lowest BCUT2D eigenvalue weighted by Crippen LogP contribution is -2.44. The molecule has 1 aliphatic rings. The monoisotopic (exact) mass is 421 g/mol. The van der Waals surface area contributed by atoms with Gasteiger partial charge < -0.3 is 5.32 Å². The minimum absolute atomic E-state index is 0.0608. The normalized spacial score (nSPS) is 14.9. The number of para-hydroxylation sites is 1. The van der Waals surface area contributed by atoms with Gasteiger partial charge in [-0.25, -0.2) is 4.68 Å². The van der Waals surface area contributed by atoms with Crippen molar-refractivity contribution in [1.82, 2.24) is 15.1 Å². The molecule has 0 radical (unpaired) electrons. The van der Waals surface area contributed by atoms with Crippen LogP contribution in [0.5, 0.6) is 0 Å². The van der Waals surface area contributed by atoms with Crippen LogP contribution in [0.25, 0.3) is 16.9 Å². The van der Waals surface area contributed by atoms with Gasteiger partial charge in [-0.15, -0.1) is 0 Å². The van der Waals surface area contributed by atoms with Gasteiger partial charge in [-0.3, -0.25) is 4.79 Å². The SMILES string of the molecule is Cc1c(C(=O)NC2(c3ccccc3)CCCC2)c(-c2ccccc2)nn1-c1ccccc1. The summed E-state index contributed by atoms with van der Waals surface area (Å²) in [5.41, 5.74) is 4.94. The van der Waals surface area contributed by atoms with Crippen LogP contribution in [0.15, 0.2) is 91.0 Å². The number of carbonyl (C=O) groups excluding carboxylic acids is 1. The van der Waals surface area contributed by atoms with Gasteiger partial charge in [0.05, 0.1) is 22.5 Å². The molecule has 1 saturated carbocycles. The second kappa shape index (κ2) is 8.46. The lowest BCUT2D eigenvalue weighted by molar-refractivity contribution is 0.0898. The average molecular weight is 422 g/mol. The Bertz CT molecular complexity index is 1210. The van der Waals surface area contributed by atoms with E-state index in [1.165, 1.54) is 5.56 Å². The summed E-state index contributed by atoms with van der Waals surface area (Å²) in [5, 5.41) is 8.35. The van der Waals surface area contributed by atoms with Gasteiger partial charge in [0.1, 0.15) is 5.69 Å². The number of hydrogen-bond acceptors (Lipinski definition) is 2. The van der Waals surface area contributed by atoms with Crippen LogP contribution in [-0.4, -0.2) is 15.7 Å². The van der Waals surface area contributed by atoms with Crippen molar-refractivity contribution in [2.45, 2.75) is 38.1 Å². The number of nitrogens with zero attached hydrogens (tertiary/aromatic N) is 2. The number of amides is 1. The highest BCUT2D eigenvalue weighted by Crippen LogP contribution is 2.39. The number of aromatic nitrogens is 2. The first-order chi connectivity index (χ1) is 15.7. The zero-order valence-electron chi connectivity index (χ0n) is 18.3. The maximum Gasteiger partial charge on any atom is 0.256 e. The van der Waals surface area contributed by atoms with Gasteiger partial charge >= 0.3 is 0 Å². The van der Waals surface area contributed by atoms with Crippen molar-refractivity contribution in [3.8, 4) is 16.9 Å². The number of hydrogen-bond donors (Lipinski definition) is 1. The molecule has 4 aromatic rings. The molecule has 0 bridgehead atoms. The molecule has 0 aliphatic heterocycles. The fraction of sp³-hybridized carbons (Fsp3) is 0.214. The van der Waals surface area contributed by atoms with Gasteiger partial charge in [-0.05, 0) is 37.5 Å². The number of nitrogens with one attached hydrogen (secondary N) is 1. The van der Waals surface area contributed by atoms with Crippen LogP contribution >= 0.6 is 0 Å². The Kier molecular flexibility index (Phi) is 5.36. The van der Waals surface area contributed by atoms with E-state index >= 15 is 0 Å². The zero-order valence-corrected chi connectivity index (χ0v) is 18.3. The van der Waals surface area contributed by atoms with Gasteiger partial charge in [0.25, 0.3) is 5.91 Å². The molecule has 1 amide bonds. The fourth-order valence-electron chi connectivity index (χ4n) is 4.89. The summed E-state index contributed by atoms with van der Waals surface area (Å²) in [5.74, 6) is -0.0608. The lowest BCUT2D eigenvalue weighted by atomic mass is 9.87. The Balaban J connectivity index is 1.60. The number of carbonyl (C=O) groups is 1. The number of benzene rings is 3. The largest absolute Gasteiger partial charge is 0.342 e. The summed E-state index contributed by atoms with van der Waals surface area (Å²) >= 11 is 0. The Morgan fingerprint density at radius 3 is 2.03 bits per heavy atom. The standard InChI is InChI=1S/C28H27N3O/c1-21-25(27(32)29-28(19-11-12-20-28)23-15-7-3-8-16-23)26(22-13-5-2-6-14-22)30-31(21)24-17-9-4-10-18-24/h2-10,13-18H,11-12,19-20H2,1H3,(H,29,32). The summed E-state index contributed by atoms with van der Waals surface area (Å²) in [4.78, 5) is 13.9. The molecule has 0 spiro atoms. The summed E-state index contributed by atoms with van der Waals surface area (Å²) < 4.78 is 1.88. The molecular formula is C28H27N3O. The minimum atomic E-state index is -0.326. The molecule has 5 rings (SSSR count). The van der Waals surface area contributed by atoms with E-state index in [2.05, 4.69) is 29.6 Å². The van der Waals surface area contributed by atoms with Crippen molar-refractivity contribution in [1.29, 1.82) is 0 Å². The maximum atomic E-state index is 13.9. The van der Waals surface area contributed by atoms with E-state index in [0.717, 1.165) is 42.6 Å². The average Bonchev–Trinajstić information content (AvgIpc) is 3.46. The van der Waals surface area contributed by atoms with E-state index in [0.29, 0.717) is 11.3 Å². The molecule has 0 saturated heterocycles. The summed E-state index contributed by atoms with van der Waals surface area (Å²) in [6.45, 7) is 1.98. The van der Waals surface area contributed by atoms with E-state index < -0.39 is 0 Å². The van der Waals surface area contributed by atoms with Crippen molar-refractivity contribution < 1.29 is 4.79 Å². The summed E-state index contributed by atoms with van der Waals surface area (Å²) in [7, 11) is 0. The van der Waals surface area contributed by atoms with Gasteiger partial charge in [0.15, 0.2) is 0 Å². The molecule has 0 unspecified atom stereocenters. The second-order valence-corrected chi connectivity index (χ2v) is 8.53. The quantitative estimate of drug-likeness (QED) is 0.427. The minimum Gasteiger partial charge on any atom is -0.342 e. The van der Waals surface area contributed by atoms with E-state index in [-0.39, 0.29) is 11.4 Å². The predicted molar refractivity (Wildman–Crippen MR) is 128 cm³/mol. The molecule has 4 heteroatoms. The lowest BCUT2D eigenvalue weighted by Gasteiger charge is -2.31. The zero-order chi connectivity index (χ0) is 22.0. The Labute approximate surface area is 188 Å². The van der Waals surface area contributed by atoms with E-state index in [9.17, 15) is 4.79 Å². The van der Waals surface area contributed by atoms with Crippen molar-refractivity contribution in [2.75, 3.05) is 0 Å². The third kappa shape index (κ3) is 3.62. The highest BCUT2D eigenvalue weighted by molar-refractivity contribution is 6.01. The summed E-state index contributed by atoms with van der Waals surface area (Å²) in [6.07, 6.45) is 4.14. The highest BCUT2D eigenvalue weighted by Gasteiger charge is 2.38. The van der Waals surface area contributed by atoms with Crippen molar-refractivity contribution in [3.63, 3.8) is 0 Å². The molecular weight excluding hydrogens is 394 g/mol. The maximum absolute atomic E-state index is 13.9. The topological polar surface area (TPSA) is 46.9 Å². The third-order valence-electron chi connectivity index (χ3n) is 6.53. The van der Waals surface area contributed by atoms with Crippen LogP contribution in [0.2, 0.25) is 0 Å². The fourth-order valence-corrected chi connectivity index (χ4v) is 4.89. The molecule has 0 atom stereocenters.